The SMILES string of the molecule is COc1cc(OC)c(-c2nc(N)oc2C)cc1OC. The van der Waals surface area contributed by atoms with Gasteiger partial charge in [0.2, 0.25) is 0 Å². The molecule has 0 atom stereocenters. The van der Waals surface area contributed by atoms with E-state index in [-0.39, 0.29) is 6.01 Å². The Labute approximate surface area is 111 Å². The van der Waals surface area contributed by atoms with Crippen molar-refractivity contribution in [1.29, 1.82) is 0 Å². The van der Waals surface area contributed by atoms with Crippen LogP contribution in [0.2, 0.25) is 0 Å². The van der Waals surface area contributed by atoms with Gasteiger partial charge in [0.1, 0.15) is 17.2 Å². The summed E-state index contributed by atoms with van der Waals surface area (Å²) >= 11 is 0. The van der Waals surface area contributed by atoms with Crippen molar-refractivity contribution in [3.05, 3.63) is 17.9 Å². The average molecular weight is 264 g/mol. The number of hydrogen-bond donors (Lipinski definition) is 1. The Balaban J connectivity index is 2.64. The van der Waals surface area contributed by atoms with Crippen LogP contribution in [0.15, 0.2) is 16.5 Å². The van der Waals surface area contributed by atoms with E-state index in [0.29, 0.717) is 28.7 Å². The summed E-state index contributed by atoms with van der Waals surface area (Å²) < 4.78 is 21.1. The number of methoxy groups -OCH3 is 3. The first-order valence-corrected chi connectivity index (χ1v) is 5.64. The van der Waals surface area contributed by atoms with Crippen LogP contribution in [0.3, 0.4) is 0 Å². The number of nitrogens with two attached hydrogens (primary N) is 1. The van der Waals surface area contributed by atoms with E-state index in [9.17, 15) is 0 Å². The number of nitrogen functional groups attached to an aromatic ring is 1. The number of rotatable bonds is 4. The minimum Gasteiger partial charge on any atom is -0.496 e. The highest BCUT2D eigenvalue weighted by atomic mass is 16.5. The first-order chi connectivity index (χ1) is 9.10. The number of hydrogen-bond acceptors (Lipinski definition) is 6. The first kappa shape index (κ1) is 13.1. The molecule has 2 aromatic rings. The van der Waals surface area contributed by atoms with E-state index >= 15 is 0 Å². The molecule has 6 nitrogen and oxygen atoms in total. The lowest BCUT2D eigenvalue weighted by atomic mass is 10.1. The molecule has 0 bridgehead atoms. The molecule has 0 spiro atoms. The van der Waals surface area contributed by atoms with E-state index in [0.717, 1.165) is 5.56 Å². The standard InChI is InChI=1S/C13H16N2O4/c1-7-12(15-13(14)19-7)8-5-10(17-3)11(18-4)6-9(8)16-2/h5-6H,1-4H3,(H2,14,15). The summed E-state index contributed by atoms with van der Waals surface area (Å²) in [6, 6.07) is 3.63. The summed E-state index contributed by atoms with van der Waals surface area (Å²) in [6.45, 7) is 1.79. The van der Waals surface area contributed by atoms with Crippen molar-refractivity contribution in [2.45, 2.75) is 6.92 Å². The lowest BCUT2D eigenvalue weighted by Gasteiger charge is -2.13. The molecule has 0 fully saturated rings. The third kappa shape index (κ3) is 2.29. The molecule has 2 N–H and O–H groups in total. The van der Waals surface area contributed by atoms with Crippen LogP contribution < -0.4 is 19.9 Å². The maximum atomic E-state index is 5.56. The van der Waals surface area contributed by atoms with E-state index in [1.54, 1.807) is 40.4 Å². The average Bonchev–Trinajstić information content (AvgIpc) is 2.75. The summed E-state index contributed by atoms with van der Waals surface area (Å²) in [5, 5.41) is 0. The van der Waals surface area contributed by atoms with Crippen molar-refractivity contribution in [2.75, 3.05) is 27.1 Å². The van der Waals surface area contributed by atoms with E-state index in [2.05, 4.69) is 4.98 Å². The molecule has 0 unspecified atom stereocenters. The normalized spacial score (nSPS) is 10.3. The molecule has 1 heterocycles. The third-order valence-electron chi connectivity index (χ3n) is 2.77. The Morgan fingerprint density at radius 2 is 1.58 bits per heavy atom. The quantitative estimate of drug-likeness (QED) is 0.912. The molecule has 1 aromatic carbocycles. The van der Waals surface area contributed by atoms with Crippen molar-refractivity contribution in [3.8, 4) is 28.5 Å². The van der Waals surface area contributed by atoms with Crippen molar-refractivity contribution < 1.29 is 18.6 Å². The van der Waals surface area contributed by atoms with E-state index in [1.165, 1.54) is 0 Å². The van der Waals surface area contributed by atoms with Gasteiger partial charge in [-0.3, -0.25) is 0 Å². The lowest BCUT2D eigenvalue weighted by molar-refractivity contribution is 0.349. The van der Waals surface area contributed by atoms with Gasteiger partial charge >= 0.3 is 0 Å². The van der Waals surface area contributed by atoms with Crippen molar-refractivity contribution in [2.24, 2.45) is 0 Å². The van der Waals surface area contributed by atoms with Crippen LogP contribution in [-0.4, -0.2) is 26.3 Å². The Hall–Kier alpha value is -2.37. The summed E-state index contributed by atoms with van der Waals surface area (Å²) in [5.41, 5.74) is 6.92. The number of oxazole rings is 1. The fourth-order valence-corrected chi connectivity index (χ4v) is 1.88. The highest BCUT2D eigenvalue weighted by molar-refractivity contribution is 5.73. The monoisotopic (exact) mass is 264 g/mol. The van der Waals surface area contributed by atoms with Gasteiger partial charge in [-0.15, -0.1) is 0 Å². The molecule has 0 saturated carbocycles. The van der Waals surface area contributed by atoms with Gasteiger partial charge in [0.25, 0.3) is 6.01 Å². The molecule has 0 aliphatic heterocycles. The maximum absolute atomic E-state index is 5.56. The molecule has 6 heteroatoms. The van der Waals surface area contributed by atoms with Gasteiger partial charge in [0, 0.05) is 11.6 Å². The number of aromatic nitrogens is 1. The van der Waals surface area contributed by atoms with Crippen LogP contribution >= 0.6 is 0 Å². The summed E-state index contributed by atoms with van der Waals surface area (Å²) in [5.74, 6) is 2.38. The van der Waals surface area contributed by atoms with Gasteiger partial charge < -0.3 is 24.4 Å². The van der Waals surface area contributed by atoms with Crippen LogP contribution in [0.25, 0.3) is 11.3 Å². The summed E-state index contributed by atoms with van der Waals surface area (Å²) in [7, 11) is 4.71. The smallest absolute Gasteiger partial charge is 0.292 e. The number of ether oxygens (including phenoxy) is 3. The van der Waals surface area contributed by atoms with Crippen LogP contribution in [0.5, 0.6) is 17.2 Å². The predicted molar refractivity (Wildman–Crippen MR) is 70.7 cm³/mol. The van der Waals surface area contributed by atoms with Gasteiger partial charge in [-0.05, 0) is 13.0 Å². The van der Waals surface area contributed by atoms with Crippen LogP contribution in [0.1, 0.15) is 5.76 Å². The zero-order valence-electron chi connectivity index (χ0n) is 11.3. The number of benzene rings is 1. The Kier molecular flexibility index (Phi) is 3.50. The minimum absolute atomic E-state index is 0.115. The highest BCUT2D eigenvalue weighted by Gasteiger charge is 2.18. The molecule has 0 amide bonds. The molecular formula is C13H16N2O4. The third-order valence-corrected chi connectivity index (χ3v) is 2.77. The largest absolute Gasteiger partial charge is 0.496 e. The number of nitrogens with zero attached hydrogens (tertiary/aromatic N) is 1. The molecule has 0 saturated heterocycles. The fraction of sp³-hybridized carbons (Fsp3) is 0.308. The Morgan fingerprint density at radius 3 is 2.05 bits per heavy atom. The molecule has 2 rings (SSSR count). The predicted octanol–water partition coefficient (Wildman–Crippen LogP) is 2.26. The molecule has 19 heavy (non-hydrogen) atoms. The molecule has 0 aliphatic rings. The van der Waals surface area contributed by atoms with Gasteiger partial charge in [-0.25, -0.2) is 0 Å². The van der Waals surface area contributed by atoms with Crippen LogP contribution in [-0.2, 0) is 0 Å². The van der Waals surface area contributed by atoms with E-state index < -0.39 is 0 Å². The zero-order valence-corrected chi connectivity index (χ0v) is 11.3. The van der Waals surface area contributed by atoms with E-state index in [1.807, 2.05) is 0 Å². The first-order valence-electron chi connectivity index (χ1n) is 5.64. The fourth-order valence-electron chi connectivity index (χ4n) is 1.88. The second kappa shape index (κ2) is 5.09. The lowest BCUT2D eigenvalue weighted by Crippen LogP contribution is -1.95. The Bertz CT molecular complexity index is 593. The number of anilines is 1. The zero-order chi connectivity index (χ0) is 14.0. The maximum Gasteiger partial charge on any atom is 0.292 e. The van der Waals surface area contributed by atoms with Gasteiger partial charge in [-0.1, -0.05) is 0 Å². The van der Waals surface area contributed by atoms with Gasteiger partial charge in [0.05, 0.1) is 21.3 Å². The Morgan fingerprint density at radius 1 is 1.00 bits per heavy atom. The molecular weight excluding hydrogens is 248 g/mol. The topological polar surface area (TPSA) is 79.7 Å². The van der Waals surface area contributed by atoms with Crippen molar-refractivity contribution in [1.82, 2.24) is 4.98 Å². The van der Waals surface area contributed by atoms with Crippen LogP contribution in [0, 0.1) is 6.92 Å². The second-order valence-corrected chi connectivity index (χ2v) is 3.86. The molecule has 102 valence electrons. The van der Waals surface area contributed by atoms with Crippen LogP contribution in [0.4, 0.5) is 6.01 Å². The highest BCUT2D eigenvalue weighted by Crippen LogP contribution is 2.40. The van der Waals surface area contributed by atoms with E-state index in [4.69, 9.17) is 24.4 Å². The van der Waals surface area contributed by atoms with Crippen molar-refractivity contribution >= 4 is 6.01 Å². The molecule has 0 aliphatic carbocycles. The summed E-state index contributed by atoms with van der Waals surface area (Å²) in [6.07, 6.45) is 0. The van der Waals surface area contributed by atoms with Gasteiger partial charge in [-0.2, -0.15) is 4.98 Å². The molecule has 1 aromatic heterocycles. The second-order valence-electron chi connectivity index (χ2n) is 3.86. The number of aryl methyl sites for hydroxylation is 1. The van der Waals surface area contributed by atoms with Gasteiger partial charge in [0.15, 0.2) is 11.5 Å². The minimum atomic E-state index is 0.115. The van der Waals surface area contributed by atoms with Crippen molar-refractivity contribution in [3.63, 3.8) is 0 Å². The summed E-state index contributed by atoms with van der Waals surface area (Å²) in [4.78, 5) is 4.15. The molecule has 0 radical (unpaired) electrons.